The Kier molecular flexibility index (Phi) is 6.47. The second-order valence-corrected chi connectivity index (χ2v) is 9.77. The Morgan fingerprint density at radius 1 is 1.16 bits per heavy atom. The second kappa shape index (κ2) is 9.64. The number of aromatic nitrogens is 2. The molecule has 0 spiro atoms. The molecular formula is C23H30N6O2S. The summed E-state index contributed by atoms with van der Waals surface area (Å²) >= 11 is 2.00. The lowest BCUT2D eigenvalue weighted by Gasteiger charge is -2.33. The van der Waals surface area contributed by atoms with Crippen molar-refractivity contribution in [2.24, 2.45) is 0 Å². The minimum atomic E-state index is -0.201. The van der Waals surface area contributed by atoms with Crippen LogP contribution in [-0.2, 0) is 17.7 Å². The number of nitrogens with zero attached hydrogens (tertiary/aromatic N) is 4. The van der Waals surface area contributed by atoms with E-state index in [0.717, 1.165) is 79.7 Å². The first-order valence-corrected chi connectivity index (χ1v) is 12.3. The number of fused-ring (bicyclic) bond motifs is 1. The molecule has 1 aliphatic carbocycles. The number of carbonyl (C=O) groups excluding carboxylic acids is 1. The molecule has 3 aliphatic rings. The van der Waals surface area contributed by atoms with Crippen LogP contribution in [0, 0.1) is 0 Å². The highest BCUT2D eigenvalue weighted by atomic mass is 32.2. The minimum absolute atomic E-state index is 0.201. The van der Waals surface area contributed by atoms with Gasteiger partial charge in [-0.05, 0) is 50.5 Å². The van der Waals surface area contributed by atoms with E-state index >= 15 is 0 Å². The Bertz CT molecular complexity index is 960. The van der Waals surface area contributed by atoms with Gasteiger partial charge in [-0.1, -0.05) is 11.9 Å². The van der Waals surface area contributed by atoms with Gasteiger partial charge in [0.25, 0.3) is 0 Å². The molecule has 0 unspecified atom stereocenters. The Morgan fingerprint density at radius 3 is 2.66 bits per heavy atom. The van der Waals surface area contributed by atoms with Crippen molar-refractivity contribution < 1.29 is 9.53 Å². The van der Waals surface area contributed by atoms with Crippen LogP contribution in [0.2, 0.25) is 0 Å². The van der Waals surface area contributed by atoms with Crippen LogP contribution in [0.5, 0.6) is 0 Å². The molecule has 0 atom stereocenters. The summed E-state index contributed by atoms with van der Waals surface area (Å²) in [6.45, 7) is 7.59. The zero-order chi connectivity index (χ0) is 21.9. The molecule has 3 heterocycles. The number of hydrogen-bond donors (Lipinski definition) is 2. The van der Waals surface area contributed by atoms with Gasteiger partial charge in [0.1, 0.15) is 5.82 Å². The number of morpholine rings is 1. The number of anilines is 2. The van der Waals surface area contributed by atoms with Gasteiger partial charge >= 0.3 is 6.03 Å². The van der Waals surface area contributed by atoms with Gasteiger partial charge < -0.3 is 20.3 Å². The Balaban J connectivity index is 1.43. The highest BCUT2D eigenvalue weighted by Crippen LogP contribution is 2.39. The van der Waals surface area contributed by atoms with Crippen LogP contribution in [0.1, 0.15) is 31.0 Å². The maximum atomic E-state index is 11.8. The fourth-order valence-electron chi connectivity index (χ4n) is 4.07. The summed E-state index contributed by atoms with van der Waals surface area (Å²) in [4.78, 5) is 24.2. The summed E-state index contributed by atoms with van der Waals surface area (Å²) < 4.78 is 8.05. The van der Waals surface area contributed by atoms with E-state index in [4.69, 9.17) is 14.7 Å². The largest absolute Gasteiger partial charge is 0.378 e. The molecule has 2 fully saturated rings. The van der Waals surface area contributed by atoms with Crippen LogP contribution in [0.25, 0.3) is 11.4 Å². The third kappa shape index (κ3) is 5.00. The van der Waals surface area contributed by atoms with Gasteiger partial charge in [0.05, 0.1) is 25.5 Å². The number of carbonyl (C=O) groups is 1. The number of benzene rings is 1. The highest BCUT2D eigenvalue weighted by Gasteiger charge is 2.30. The van der Waals surface area contributed by atoms with Crippen molar-refractivity contribution in [2.45, 2.75) is 38.0 Å². The average Bonchev–Trinajstić information content (AvgIpc) is 3.63. The third-order valence-electron chi connectivity index (χ3n) is 5.88. The third-order valence-corrected chi connectivity index (χ3v) is 7.26. The van der Waals surface area contributed by atoms with E-state index in [9.17, 15) is 4.79 Å². The normalized spacial score (nSPS) is 18.8. The van der Waals surface area contributed by atoms with Crippen molar-refractivity contribution >= 4 is 29.5 Å². The van der Waals surface area contributed by atoms with Gasteiger partial charge in [0, 0.05) is 48.2 Å². The fraction of sp³-hybridized carbons (Fsp3) is 0.522. The lowest BCUT2D eigenvalue weighted by atomic mass is 10.1. The summed E-state index contributed by atoms with van der Waals surface area (Å²) in [5.41, 5.74) is 4.13. The summed E-state index contributed by atoms with van der Waals surface area (Å²) in [5, 5.41) is 6.38. The number of rotatable bonds is 6. The van der Waals surface area contributed by atoms with Gasteiger partial charge in [-0.15, -0.1) is 0 Å². The molecule has 2 N–H and O–H groups in total. The Labute approximate surface area is 193 Å². The van der Waals surface area contributed by atoms with Crippen molar-refractivity contribution in [3.63, 3.8) is 0 Å². The van der Waals surface area contributed by atoms with Gasteiger partial charge in [-0.3, -0.25) is 0 Å². The number of ether oxygens (including phenoxy) is 1. The molecule has 5 rings (SSSR count). The summed E-state index contributed by atoms with van der Waals surface area (Å²) in [6.07, 6.45) is 3.65. The van der Waals surface area contributed by atoms with Gasteiger partial charge in [0.15, 0.2) is 5.82 Å². The first kappa shape index (κ1) is 21.5. The van der Waals surface area contributed by atoms with Crippen LogP contribution in [0.4, 0.5) is 16.3 Å². The highest BCUT2D eigenvalue weighted by molar-refractivity contribution is 7.97. The first-order valence-electron chi connectivity index (χ1n) is 11.5. The van der Waals surface area contributed by atoms with Crippen molar-refractivity contribution in [3.05, 3.63) is 35.5 Å². The zero-order valence-corrected chi connectivity index (χ0v) is 19.3. The van der Waals surface area contributed by atoms with Crippen LogP contribution >= 0.6 is 11.9 Å². The summed E-state index contributed by atoms with van der Waals surface area (Å²) in [6, 6.07) is 7.56. The molecule has 0 bridgehead atoms. The molecular weight excluding hydrogens is 424 g/mol. The van der Waals surface area contributed by atoms with Crippen LogP contribution in [0.15, 0.2) is 24.3 Å². The number of nitrogens with one attached hydrogen (secondary N) is 2. The Hall–Kier alpha value is -2.36. The molecule has 9 heteroatoms. The number of hydrogen-bond acceptors (Lipinski definition) is 7. The second-order valence-electron chi connectivity index (χ2n) is 8.38. The predicted molar refractivity (Wildman–Crippen MR) is 128 cm³/mol. The van der Waals surface area contributed by atoms with E-state index in [2.05, 4.69) is 19.8 Å². The molecule has 2 aliphatic heterocycles. The monoisotopic (exact) mass is 454 g/mol. The number of urea groups is 1. The van der Waals surface area contributed by atoms with Crippen LogP contribution in [-0.4, -0.2) is 64.9 Å². The lowest BCUT2D eigenvalue weighted by molar-refractivity contribution is 0.122. The summed E-state index contributed by atoms with van der Waals surface area (Å²) in [7, 11) is 0. The molecule has 170 valence electrons. The predicted octanol–water partition coefficient (Wildman–Crippen LogP) is 3.29. The average molecular weight is 455 g/mol. The molecule has 1 saturated heterocycles. The minimum Gasteiger partial charge on any atom is -0.378 e. The van der Waals surface area contributed by atoms with Gasteiger partial charge in [-0.25, -0.2) is 19.1 Å². The molecule has 1 aromatic carbocycles. The maximum absolute atomic E-state index is 11.8. The molecule has 0 radical (unpaired) electrons. The SMILES string of the molecule is CCNC(=O)Nc1ccc(-c2nc3c(c(N4CCOCC4)n2)CCN(SC2CC2)C3)cc1. The van der Waals surface area contributed by atoms with E-state index < -0.39 is 0 Å². The van der Waals surface area contributed by atoms with Gasteiger partial charge in [0.2, 0.25) is 0 Å². The quantitative estimate of drug-likeness (QED) is 0.648. The standard InChI is InChI=1S/C23H30N6O2S/c1-2-24-23(30)25-17-5-3-16(4-6-17)21-26-20-15-29(32-18-7-8-18)10-9-19(20)22(27-21)28-11-13-31-14-12-28/h3-6,18H,2,7-15H2,1H3,(H2,24,25,30). The van der Waals surface area contributed by atoms with E-state index in [1.165, 1.54) is 18.4 Å². The molecule has 1 aromatic heterocycles. The first-order chi connectivity index (χ1) is 15.7. The van der Waals surface area contributed by atoms with E-state index in [0.29, 0.717) is 6.54 Å². The van der Waals surface area contributed by atoms with Crippen molar-refractivity contribution in [1.82, 2.24) is 19.6 Å². The van der Waals surface area contributed by atoms with Gasteiger partial charge in [-0.2, -0.15) is 0 Å². The maximum Gasteiger partial charge on any atom is 0.319 e. The molecule has 8 nitrogen and oxygen atoms in total. The van der Waals surface area contributed by atoms with Crippen molar-refractivity contribution in [2.75, 3.05) is 49.6 Å². The van der Waals surface area contributed by atoms with Crippen LogP contribution in [0.3, 0.4) is 0 Å². The smallest absolute Gasteiger partial charge is 0.319 e. The molecule has 1 saturated carbocycles. The van der Waals surface area contributed by atoms with E-state index in [1.807, 2.05) is 43.1 Å². The topological polar surface area (TPSA) is 82.6 Å². The summed E-state index contributed by atoms with van der Waals surface area (Å²) in [5.74, 6) is 1.81. The van der Waals surface area contributed by atoms with E-state index in [1.54, 1.807) is 0 Å². The zero-order valence-electron chi connectivity index (χ0n) is 18.5. The van der Waals surface area contributed by atoms with E-state index in [-0.39, 0.29) is 6.03 Å². The molecule has 2 aromatic rings. The molecule has 2 amide bonds. The lowest BCUT2D eigenvalue weighted by Crippen LogP contribution is -2.39. The Morgan fingerprint density at radius 2 is 1.94 bits per heavy atom. The van der Waals surface area contributed by atoms with Crippen molar-refractivity contribution in [3.8, 4) is 11.4 Å². The van der Waals surface area contributed by atoms with Crippen molar-refractivity contribution in [1.29, 1.82) is 0 Å². The van der Waals surface area contributed by atoms with Crippen LogP contribution < -0.4 is 15.5 Å². The molecule has 32 heavy (non-hydrogen) atoms. The fourth-order valence-corrected chi connectivity index (χ4v) is 5.23. The number of amides is 2.